The SMILES string of the molecule is COc1ccc([N+](=O)[O-])[nH]c1=O. The molecule has 0 unspecified atom stereocenters. The van der Waals surface area contributed by atoms with Gasteiger partial charge in [-0.15, -0.1) is 0 Å². The normalized spacial score (nSPS) is 9.42. The second kappa shape index (κ2) is 3.04. The molecule has 1 aromatic heterocycles. The Balaban J connectivity index is 3.19. The Kier molecular flexibility index (Phi) is 2.09. The number of H-pyrrole nitrogens is 1. The highest BCUT2D eigenvalue weighted by Gasteiger charge is 2.07. The minimum Gasteiger partial charge on any atom is -0.489 e. The molecule has 6 heteroatoms. The Morgan fingerprint density at radius 3 is 2.67 bits per heavy atom. The van der Waals surface area contributed by atoms with E-state index in [1.54, 1.807) is 0 Å². The molecule has 0 spiro atoms. The van der Waals surface area contributed by atoms with Crippen molar-refractivity contribution in [1.82, 2.24) is 4.98 Å². The van der Waals surface area contributed by atoms with Crippen molar-refractivity contribution in [3.8, 4) is 5.75 Å². The first-order valence-electron chi connectivity index (χ1n) is 3.07. The third-order valence-electron chi connectivity index (χ3n) is 1.27. The van der Waals surface area contributed by atoms with Crippen molar-refractivity contribution < 1.29 is 9.66 Å². The Labute approximate surface area is 66.9 Å². The van der Waals surface area contributed by atoms with Crippen LogP contribution in [0.2, 0.25) is 0 Å². The maximum Gasteiger partial charge on any atom is 0.374 e. The summed E-state index contributed by atoms with van der Waals surface area (Å²) in [6.07, 6.45) is 0. The number of aromatic nitrogens is 1. The summed E-state index contributed by atoms with van der Waals surface area (Å²) in [4.78, 5) is 22.4. The molecule has 0 saturated heterocycles. The molecule has 0 bridgehead atoms. The highest BCUT2D eigenvalue weighted by atomic mass is 16.6. The predicted octanol–water partition coefficient (Wildman–Crippen LogP) is 0.292. The van der Waals surface area contributed by atoms with E-state index in [1.807, 2.05) is 4.98 Å². The molecular formula is C6H6N2O4. The van der Waals surface area contributed by atoms with Crippen LogP contribution in [0, 0.1) is 10.1 Å². The van der Waals surface area contributed by atoms with Gasteiger partial charge < -0.3 is 14.9 Å². The topological polar surface area (TPSA) is 85.2 Å². The zero-order valence-corrected chi connectivity index (χ0v) is 6.23. The van der Waals surface area contributed by atoms with Crippen LogP contribution in [0.1, 0.15) is 0 Å². The van der Waals surface area contributed by atoms with Crippen LogP contribution in [-0.4, -0.2) is 17.0 Å². The molecule has 0 fully saturated rings. The van der Waals surface area contributed by atoms with E-state index >= 15 is 0 Å². The van der Waals surface area contributed by atoms with Crippen molar-refractivity contribution in [2.45, 2.75) is 0 Å². The molecule has 12 heavy (non-hydrogen) atoms. The van der Waals surface area contributed by atoms with E-state index in [-0.39, 0.29) is 11.6 Å². The third kappa shape index (κ3) is 1.42. The number of nitrogens with zero attached hydrogens (tertiary/aromatic N) is 1. The minimum atomic E-state index is -0.680. The van der Waals surface area contributed by atoms with Crippen molar-refractivity contribution in [3.63, 3.8) is 0 Å². The van der Waals surface area contributed by atoms with Gasteiger partial charge in [-0.05, 0) is 11.0 Å². The second-order valence-electron chi connectivity index (χ2n) is 2.00. The molecule has 0 aliphatic rings. The van der Waals surface area contributed by atoms with Gasteiger partial charge in [-0.25, -0.2) is 9.78 Å². The van der Waals surface area contributed by atoms with Crippen LogP contribution in [-0.2, 0) is 0 Å². The first kappa shape index (κ1) is 8.25. The van der Waals surface area contributed by atoms with Gasteiger partial charge in [0, 0.05) is 6.07 Å². The minimum absolute atomic E-state index is 0.0561. The van der Waals surface area contributed by atoms with E-state index in [9.17, 15) is 14.9 Å². The Morgan fingerprint density at radius 1 is 1.58 bits per heavy atom. The van der Waals surface area contributed by atoms with Crippen molar-refractivity contribution >= 4 is 5.82 Å². The smallest absolute Gasteiger partial charge is 0.374 e. The largest absolute Gasteiger partial charge is 0.489 e. The fourth-order valence-corrected chi connectivity index (χ4v) is 0.717. The first-order chi connectivity index (χ1) is 5.65. The van der Waals surface area contributed by atoms with Gasteiger partial charge in [-0.3, -0.25) is 0 Å². The van der Waals surface area contributed by atoms with E-state index in [4.69, 9.17) is 0 Å². The van der Waals surface area contributed by atoms with Crippen LogP contribution in [0.3, 0.4) is 0 Å². The highest BCUT2D eigenvalue weighted by molar-refractivity contribution is 5.26. The predicted molar refractivity (Wildman–Crippen MR) is 40.3 cm³/mol. The van der Waals surface area contributed by atoms with E-state index < -0.39 is 10.5 Å². The molecule has 0 radical (unpaired) electrons. The van der Waals surface area contributed by atoms with Gasteiger partial charge in [0.05, 0.1) is 7.11 Å². The molecule has 0 aliphatic carbocycles. The molecule has 0 amide bonds. The number of hydrogen-bond donors (Lipinski definition) is 1. The number of hydrogen-bond acceptors (Lipinski definition) is 4. The lowest BCUT2D eigenvalue weighted by Gasteiger charge is -1.95. The quantitative estimate of drug-likeness (QED) is 0.510. The molecular weight excluding hydrogens is 164 g/mol. The lowest BCUT2D eigenvalue weighted by atomic mass is 10.4. The van der Waals surface area contributed by atoms with Crippen molar-refractivity contribution in [3.05, 3.63) is 32.6 Å². The van der Waals surface area contributed by atoms with E-state index in [0.29, 0.717) is 0 Å². The number of aromatic amines is 1. The molecule has 0 aliphatic heterocycles. The van der Waals surface area contributed by atoms with Gasteiger partial charge >= 0.3 is 11.4 Å². The van der Waals surface area contributed by atoms with E-state index in [1.165, 1.54) is 19.2 Å². The van der Waals surface area contributed by atoms with Gasteiger partial charge in [-0.2, -0.15) is 0 Å². The van der Waals surface area contributed by atoms with Crippen LogP contribution in [0.15, 0.2) is 16.9 Å². The number of ether oxygens (including phenoxy) is 1. The first-order valence-corrected chi connectivity index (χ1v) is 3.07. The average molecular weight is 170 g/mol. The number of pyridine rings is 1. The van der Waals surface area contributed by atoms with Crippen LogP contribution >= 0.6 is 0 Å². The summed E-state index contributed by atoms with van der Waals surface area (Å²) in [5.41, 5.74) is -0.605. The van der Waals surface area contributed by atoms with Gasteiger partial charge in [0.1, 0.15) is 0 Å². The number of nitrogens with one attached hydrogen (secondary N) is 1. The van der Waals surface area contributed by atoms with Crippen LogP contribution in [0.25, 0.3) is 0 Å². The molecule has 0 aromatic carbocycles. The lowest BCUT2D eigenvalue weighted by Crippen LogP contribution is -2.10. The van der Waals surface area contributed by atoms with Gasteiger partial charge in [0.15, 0.2) is 0 Å². The molecule has 1 aromatic rings. The molecule has 64 valence electrons. The summed E-state index contributed by atoms with van der Waals surface area (Å²) in [5.74, 6) is -0.290. The summed E-state index contributed by atoms with van der Waals surface area (Å²) in [6, 6.07) is 2.41. The summed E-state index contributed by atoms with van der Waals surface area (Å²) in [7, 11) is 1.32. The Hall–Kier alpha value is -1.85. The van der Waals surface area contributed by atoms with Crippen LogP contribution < -0.4 is 10.3 Å². The van der Waals surface area contributed by atoms with Gasteiger partial charge in [0.2, 0.25) is 5.75 Å². The zero-order chi connectivity index (χ0) is 9.14. The van der Waals surface area contributed by atoms with Crippen molar-refractivity contribution in [2.24, 2.45) is 0 Å². The highest BCUT2D eigenvalue weighted by Crippen LogP contribution is 2.07. The second-order valence-corrected chi connectivity index (χ2v) is 2.00. The molecule has 6 nitrogen and oxygen atoms in total. The Bertz CT molecular complexity index is 357. The zero-order valence-electron chi connectivity index (χ0n) is 6.23. The molecule has 0 atom stereocenters. The van der Waals surface area contributed by atoms with Gasteiger partial charge in [-0.1, -0.05) is 0 Å². The van der Waals surface area contributed by atoms with Crippen molar-refractivity contribution in [1.29, 1.82) is 0 Å². The van der Waals surface area contributed by atoms with Crippen LogP contribution in [0.4, 0.5) is 5.82 Å². The average Bonchev–Trinajstić information content (AvgIpc) is 2.04. The Morgan fingerprint density at radius 2 is 2.25 bits per heavy atom. The monoisotopic (exact) mass is 170 g/mol. The number of nitro groups is 1. The van der Waals surface area contributed by atoms with Gasteiger partial charge in [0.25, 0.3) is 0 Å². The van der Waals surface area contributed by atoms with Crippen molar-refractivity contribution in [2.75, 3.05) is 7.11 Å². The number of rotatable bonds is 2. The molecule has 1 rings (SSSR count). The fourth-order valence-electron chi connectivity index (χ4n) is 0.717. The summed E-state index contributed by atoms with van der Waals surface area (Å²) in [5, 5.41) is 10.1. The fraction of sp³-hybridized carbons (Fsp3) is 0.167. The van der Waals surface area contributed by atoms with Crippen LogP contribution in [0.5, 0.6) is 5.75 Å². The third-order valence-corrected chi connectivity index (χ3v) is 1.27. The maximum absolute atomic E-state index is 10.9. The lowest BCUT2D eigenvalue weighted by molar-refractivity contribution is -0.389. The van der Waals surface area contributed by atoms with E-state index in [0.717, 1.165) is 0 Å². The molecule has 1 N–H and O–H groups in total. The summed E-state index contributed by atoms with van der Waals surface area (Å²) >= 11 is 0. The molecule has 0 saturated carbocycles. The van der Waals surface area contributed by atoms with E-state index in [2.05, 4.69) is 4.74 Å². The summed E-state index contributed by atoms with van der Waals surface area (Å²) < 4.78 is 4.61. The molecule has 1 heterocycles. The summed E-state index contributed by atoms with van der Waals surface area (Å²) in [6.45, 7) is 0. The number of methoxy groups -OCH3 is 1. The maximum atomic E-state index is 10.9. The standard InChI is InChI=1S/C6H6N2O4/c1-12-4-2-3-5(8(10)11)7-6(4)9/h2-3H,1H3,(H,7,9).